The minimum atomic E-state index is 0.511. The first-order valence-corrected chi connectivity index (χ1v) is 11.1. The summed E-state index contributed by atoms with van der Waals surface area (Å²) in [4.78, 5) is 0. The fourth-order valence-electron chi connectivity index (χ4n) is 3.84. The lowest BCUT2D eigenvalue weighted by Gasteiger charge is -2.18. The number of halogens is 1. The van der Waals surface area contributed by atoms with E-state index in [9.17, 15) is 0 Å². The molecule has 0 saturated heterocycles. The van der Waals surface area contributed by atoms with Gasteiger partial charge in [0.25, 0.3) is 0 Å². The molecule has 0 unspecified atom stereocenters. The Balaban J connectivity index is 1.63. The minimum absolute atomic E-state index is 0.511. The summed E-state index contributed by atoms with van der Waals surface area (Å²) in [5, 5.41) is 4.18. The topological polar surface area (TPSA) is 18.5 Å². The Morgan fingerprint density at radius 2 is 0.935 bits per heavy atom. The standard InChI is InChI=1S/C28H21BrO2/c29-22-15-16-25-26(17-22)28(31-19-21-11-5-2-6-12-21)24-14-8-7-13-23(24)27(25)30-18-20-9-3-1-4-10-20/h1-17H,18-19H2. The van der Waals surface area contributed by atoms with Crippen molar-refractivity contribution in [2.75, 3.05) is 0 Å². The summed E-state index contributed by atoms with van der Waals surface area (Å²) in [5.74, 6) is 1.76. The molecule has 3 heteroatoms. The normalized spacial score (nSPS) is 11.0. The molecule has 0 aliphatic rings. The van der Waals surface area contributed by atoms with E-state index in [-0.39, 0.29) is 0 Å². The highest BCUT2D eigenvalue weighted by Crippen LogP contribution is 2.44. The summed E-state index contributed by atoms with van der Waals surface area (Å²) in [7, 11) is 0. The summed E-state index contributed by atoms with van der Waals surface area (Å²) in [6.45, 7) is 1.02. The van der Waals surface area contributed by atoms with E-state index in [1.165, 1.54) is 0 Å². The van der Waals surface area contributed by atoms with E-state index >= 15 is 0 Å². The highest BCUT2D eigenvalue weighted by molar-refractivity contribution is 9.10. The Labute approximate surface area is 190 Å². The highest BCUT2D eigenvalue weighted by Gasteiger charge is 2.17. The van der Waals surface area contributed by atoms with Gasteiger partial charge in [-0.1, -0.05) is 101 Å². The van der Waals surface area contributed by atoms with Crippen LogP contribution in [0.15, 0.2) is 108 Å². The molecule has 0 fully saturated rings. The third-order valence-electron chi connectivity index (χ3n) is 5.34. The van der Waals surface area contributed by atoms with Gasteiger partial charge in [0, 0.05) is 26.0 Å². The predicted molar refractivity (Wildman–Crippen MR) is 131 cm³/mol. The molecule has 0 radical (unpaired) electrons. The monoisotopic (exact) mass is 468 g/mol. The van der Waals surface area contributed by atoms with E-state index in [0.717, 1.165) is 48.6 Å². The van der Waals surface area contributed by atoms with Crippen molar-refractivity contribution in [3.05, 3.63) is 119 Å². The van der Waals surface area contributed by atoms with Crippen LogP contribution in [0.5, 0.6) is 11.5 Å². The second-order valence-corrected chi connectivity index (χ2v) is 8.36. The van der Waals surface area contributed by atoms with Crippen molar-refractivity contribution in [1.82, 2.24) is 0 Å². The number of ether oxygens (including phenoxy) is 2. The molecule has 0 N–H and O–H groups in total. The van der Waals surface area contributed by atoms with Gasteiger partial charge in [0.15, 0.2) is 0 Å². The first kappa shape index (κ1) is 19.7. The van der Waals surface area contributed by atoms with Crippen LogP contribution in [0, 0.1) is 0 Å². The number of fused-ring (bicyclic) bond motifs is 2. The van der Waals surface area contributed by atoms with Crippen LogP contribution in [0.25, 0.3) is 21.5 Å². The molecule has 5 aromatic carbocycles. The maximum atomic E-state index is 6.42. The Bertz CT molecular complexity index is 1330. The van der Waals surface area contributed by atoms with Crippen molar-refractivity contribution < 1.29 is 9.47 Å². The van der Waals surface area contributed by atoms with Crippen LogP contribution in [-0.4, -0.2) is 0 Å². The molecular formula is C28H21BrO2. The molecule has 0 bridgehead atoms. The first-order chi connectivity index (χ1) is 15.3. The molecule has 0 saturated carbocycles. The van der Waals surface area contributed by atoms with Gasteiger partial charge in [-0.25, -0.2) is 0 Å². The predicted octanol–water partition coefficient (Wildman–Crippen LogP) is 7.91. The fraction of sp³-hybridized carbons (Fsp3) is 0.0714. The molecule has 31 heavy (non-hydrogen) atoms. The maximum absolute atomic E-state index is 6.42. The molecule has 152 valence electrons. The van der Waals surface area contributed by atoms with Crippen LogP contribution in [0.3, 0.4) is 0 Å². The fourth-order valence-corrected chi connectivity index (χ4v) is 4.20. The van der Waals surface area contributed by atoms with Crippen molar-refractivity contribution >= 4 is 37.5 Å². The zero-order chi connectivity index (χ0) is 21.0. The lowest BCUT2D eigenvalue weighted by atomic mass is 10.0. The SMILES string of the molecule is Brc1ccc2c(OCc3ccccc3)c3ccccc3c(OCc3ccccc3)c2c1. The second-order valence-electron chi connectivity index (χ2n) is 7.44. The lowest BCUT2D eigenvalue weighted by molar-refractivity contribution is 0.308. The van der Waals surface area contributed by atoms with E-state index in [1.54, 1.807) is 0 Å². The summed E-state index contributed by atoms with van der Waals surface area (Å²) in [6, 6.07) is 35.0. The Morgan fingerprint density at radius 1 is 0.484 bits per heavy atom. The molecule has 0 aromatic heterocycles. The van der Waals surface area contributed by atoms with Crippen LogP contribution in [0.1, 0.15) is 11.1 Å². The summed E-state index contributed by atoms with van der Waals surface area (Å²) in [5.41, 5.74) is 2.28. The van der Waals surface area contributed by atoms with Gasteiger partial charge in [-0.15, -0.1) is 0 Å². The van der Waals surface area contributed by atoms with Gasteiger partial charge >= 0.3 is 0 Å². The van der Waals surface area contributed by atoms with Gasteiger partial charge in [-0.05, 0) is 29.3 Å². The molecule has 0 aliphatic carbocycles. The van der Waals surface area contributed by atoms with Crippen molar-refractivity contribution in [2.45, 2.75) is 13.2 Å². The van der Waals surface area contributed by atoms with E-state index in [1.807, 2.05) is 54.6 Å². The number of hydrogen-bond acceptors (Lipinski definition) is 2. The van der Waals surface area contributed by atoms with Gasteiger partial charge in [-0.3, -0.25) is 0 Å². The van der Waals surface area contributed by atoms with E-state index in [0.29, 0.717) is 13.2 Å². The average Bonchev–Trinajstić information content (AvgIpc) is 2.82. The highest BCUT2D eigenvalue weighted by atomic mass is 79.9. The van der Waals surface area contributed by atoms with Gasteiger partial charge in [0.1, 0.15) is 24.7 Å². The molecule has 5 rings (SSSR count). The molecule has 5 aromatic rings. The third-order valence-corrected chi connectivity index (χ3v) is 5.83. The minimum Gasteiger partial charge on any atom is -0.488 e. The summed E-state index contributed by atoms with van der Waals surface area (Å²) in [6.07, 6.45) is 0. The molecule has 0 aliphatic heterocycles. The molecule has 0 heterocycles. The second kappa shape index (κ2) is 8.83. The van der Waals surface area contributed by atoms with Crippen LogP contribution in [0.4, 0.5) is 0 Å². The summed E-state index contributed by atoms with van der Waals surface area (Å²) < 4.78 is 13.8. The zero-order valence-electron chi connectivity index (χ0n) is 16.9. The molecule has 2 nitrogen and oxygen atoms in total. The van der Waals surface area contributed by atoms with E-state index in [4.69, 9.17) is 9.47 Å². The molecular weight excluding hydrogens is 448 g/mol. The number of benzene rings is 5. The quantitative estimate of drug-likeness (QED) is 0.235. The van der Waals surface area contributed by atoms with Gasteiger partial charge < -0.3 is 9.47 Å². The third kappa shape index (κ3) is 4.14. The van der Waals surface area contributed by atoms with E-state index in [2.05, 4.69) is 64.5 Å². The number of rotatable bonds is 6. The van der Waals surface area contributed by atoms with Crippen molar-refractivity contribution in [1.29, 1.82) is 0 Å². The van der Waals surface area contributed by atoms with Crippen LogP contribution in [-0.2, 0) is 13.2 Å². The summed E-state index contributed by atoms with van der Waals surface area (Å²) >= 11 is 3.63. The smallest absolute Gasteiger partial charge is 0.135 e. The average molecular weight is 469 g/mol. The van der Waals surface area contributed by atoms with Gasteiger partial charge in [0.05, 0.1) is 0 Å². The van der Waals surface area contributed by atoms with Crippen LogP contribution in [0.2, 0.25) is 0 Å². The van der Waals surface area contributed by atoms with Crippen molar-refractivity contribution in [3.8, 4) is 11.5 Å². The maximum Gasteiger partial charge on any atom is 0.135 e. The van der Waals surface area contributed by atoms with Crippen molar-refractivity contribution in [3.63, 3.8) is 0 Å². The first-order valence-electron chi connectivity index (χ1n) is 10.3. The van der Waals surface area contributed by atoms with Gasteiger partial charge in [0.2, 0.25) is 0 Å². The largest absolute Gasteiger partial charge is 0.488 e. The van der Waals surface area contributed by atoms with E-state index < -0.39 is 0 Å². The van der Waals surface area contributed by atoms with Crippen LogP contribution < -0.4 is 9.47 Å². The number of hydrogen-bond donors (Lipinski definition) is 0. The molecule has 0 atom stereocenters. The van der Waals surface area contributed by atoms with Crippen molar-refractivity contribution in [2.24, 2.45) is 0 Å². The van der Waals surface area contributed by atoms with Crippen LogP contribution >= 0.6 is 15.9 Å². The Kier molecular flexibility index (Phi) is 5.59. The molecule has 0 spiro atoms. The Morgan fingerprint density at radius 3 is 1.48 bits per heavy atom. The molecule has 0 amide bonds. The lowest BCUT2D eigenvalue weighted by Crippen LogP contribution is -2.00. The zero-order valence-corrected chi connectivity index (χ0v) is 18.5. The van der Waals surface area contributed by atoms with Gasteiger partial charge in [-0.2, -0.15) is 0 Å². The Hall–Kier alpha value is -3.30.